The molecule has 0 aromatic carbocycles. The molecule has 26 heavy (non-hydrogen) atoms. The highest BCUT2D eigenvalue weighted by Crippen LogP contribution is 2.30. The Hall–Kier alpha value is -1.74. The first-order valence-corrected chi connectivity index (χ1v) is 10.3. The minimum atomic E-state index is -0.426. The molecule has 4 rings (SSSR count). The number of ketones is 2. The Bertz CT molecular complexity index is 722. The van der Waals surface area contributed by atoms with Crippen LogP contribution in [0.4, 0.5) is 10.0 Å². The summed E-state index contributed by atoms with van der Waals surface area (Å²) in [7, 11) is 0. The SMILES string of the molecule is O=C(C(=O)c1ccc(N2CCOCC2)s1)c1ccc(N2CCOCC2)s1. The summed E-state index contributed by atoms with van der Waals surface area (Å²) in [6.45, 7) is 6.04. The Kier molecular flexibility index (Phi) is 5.35. The normalized spacial score (nSPS) is 18.2. The van der Waals surface area contributed by atoms with Crippen molar-refractivity contribution in [1.82, 2.24) is 0 Å². The summed E-state index contributed by atoms with van der Waals surface area (Å²) in [5.74, 6) is -0.852. The van der Waals surface area contributed by atoms with Crippen molar-refractivity contribution in [2.24, 2.45) is 0 Å². The minimum Gasteiger partial charge on any atom is -0.378 e. The average molecular weight is 393 g/mol. The summed E-state index contributed by atoms with van der Waals surface area (Å²) in [5.41, 5.74) is 0. The van der Waals surface area contributed by atoms with Crippen LogP contribution in [0.2, 0.25) is 0 Å². The molecule has 0 aliphatic carbocycles. The van der Waals surface area contributed by atoms with Gasteiger partial charge >= 0.3 is 0 Å². The zero-order valence-corrected chi connectivity index (χ0v) is 15.9. The van der Waals surface area contributed by atoms with Crippen molar-refractivity contribution in [2.75, 3.05) is 62.4 Å². The second kappa shape index (κ2) is 7.87. The van der Waals surface area contributed by atoms with Gasteiger partial charge in [0.25, 0.3) is 0 Å². The highest BCUT2D eigenvalue weighted by molar-refractivity contribution is 7.21. The van der Waals surface area contributed by atoms with E-state index < -0.39 is 11.6 Å². The molecule has 0 spiro atoms. The van der Waals surface area contributed by atoms with E-state index in [2.05, 4.69) is 9.80 Å². The Morgan fingerprint density at radius 2 is 1.08 bits per heavy atom. The summed E-state index contributed by atoms with van der Waals surface area (Å²) >= 11 is 2.77. The first-order valence-electron chi connectivity index (χ1n) is 8.66. The van der Waals surface area contributed by atoms with Crippen molar-refractivity contribution < 1.29 is 19.1 Å². The third-order valence-corrected chi connectivity index (χ3v) is 6.77. The van der Waals surface area contributed by atoms with Crippen LogP contribution in [-0.4, -0.2) is 64.2 Å². The van der Waals surface area contributed by atoms with E-state index in [1.807, 2.05) is 12.1 Å². The van der Waals surface area contributed by atoms with Crippen LogP contribution in [0.5, 0.6) is 0 Å². The van der Waals surface area contributed by atoms with Crippen LogP contribution in [0.3, 0.4) is 0 Å². The number of anilines is 2. The van der Waals surface area contributed by atoms with Crippen LogP contribution in [0.15, 0.2) is 24.3 Å². The van der Waals surface area contributed by atoms with Crippen LogP contribution < -0.4 is 9.80 Å². The van der Waals surface area contributed by atoms with Crippen LogP contribution >= 0.6 is 22.7 Å². The molecule has 2 aromatic rings. The second-order valence-corrected chi connectivity index (χ2v) is 8.26. The van der Waals surface area contributed by atoms with Crippen molar-refractivity contribution >= 4 is 44.2 Å². The Labute approximate surface area is 159 Å². The number of Topliss-reactive ketones (excluding diaryl/α,β-unsaturated/α-hetero) is 2. The molecular weight excluding hydrogens is 372 g/mol. The van der Waals surface area contributed by atoms with E-state index in [0.29, 0.717) is 36.2 Å². The zero-order valence-electron chi connectivity index (χ0n) is 14.3. The van der Waals surface area contributed by atoms with Gasteiger partial charge in [0.05, 0.1) is 46.2 Å². The van der Waals surface area contributed by atoms with E-state index in [-0.39, 0.29) is 0 Å². The molecule has 0 saturated carbocycles. The van der Waals surface area contributed by atoms with E-state index in [0.717, 1.165) is 36.2 Å². The van der Waals surface area contributed by atoms with E-state index in [4.69, 9.17) is 9.47 Å². The Balaban J connectivity index is 1.45. The molecular formula is C18H20N2O4S2. The first-order chi connectivity index (χ1) is 12.7. The number of thiophene rings is 2. The Morgan fingerprint density at radius 3 is 1.46 bits per heavy atom. The molecule has 0 atom stereocenters. The third-order valence-electron chi connectivity index (χ3n) is 4.48. The molecule has 2 aliphatic rings. The summed E-state index contributed by atoms with van der Waals surface area (Å²) < 4.78 is 10.7. The predicted octanol–water partition coefficient (Wildman–Crippen LogP) is 2.55. The van der Waals surface area contributed by atoms with Crippen LogP contribution in [0, 0.1) is 0 Å². The van der Waals surface area contributed by atoms with Gasteiger partial charge in [-0.05, 0) is 24.3 Å². The lowest BCUT2D eigenvalue weighted by Gasteiger charge is -2.27. The van der Waals surface area contributed by atoms with Gasteiger partial charge in [0, 0.05) is 26.2 Å². The zero-order chi connectivity index (χ0) is 17.9. The average Bonchev–Trinajstić information content (AvgIpc) is 3.38. The third kappa shape index (κ3) is 3.68. The fourth-order valence-corrected chi connectivity index (χ4v) is 5.02. The molecule has 138 valence electrons. The summed E-state index contributed by atoms with van der Waals surface area (Å²) in [6.07, 6.45) is 0. The molecule has 2 aliphatic heterocycles. The van der Waals surface area contributed by atoms with Gasteiger partial charge in [-0.3, -0.25) is 9.59 Å². The van der Waals surface area contributed by atoms with E-state index in [9.17, 15) is 9.59 Å². The number of nitrogens with zero attached hydrogens (tertiary/aromatic N) is 2. The molecule has 0 radical (unpaired) electrons. The van der Waals surface area contributed by atoms with Gasteiger partial charge in [-0.1, -0.05) is 0 Å². The van der Waals surface area contributed by atoms with Crippen molar-refractivity contribution in [3.63, 3.8) is 0 Å². The molecule has 2 saturated heterocycles. The number of morpholine rings is 2. The van der Waals surface area contributed by atoms with E-state index in [1.165, 1.54) is 22.7 Å². The van der Waals surface area contributed by atoms with Crippen molar-refractivity contribution in [3.8, 4) is 0 Å². The van der Waals surface area contributed by atoms with Crippen molar-refractivity contribution in [1.29, 1.82) is 0 Å². The van der Waals surface area contributed by atoms with Gasteiger partial charge in [-0.25, -0.2) is 0 Å². The van der Waals surface area contributed by atoms with Crippen molar-refractivity contribution in [2.45, 2.75) is 0 Å². The Morgan fingerprint density at radius 1 is 0.692 bits per heavy atom. The monoisotopic (exact) mass is 392 g/mol. The fourth-order valence-electron chi connectivity index (χ4n) is 3.03. The number of ether oxygens (including phenoxy) is 2. The molecule has 0 amide bonds. The van der Waals surface area contributed by atoms with Gasteiger partial charge in [0.15, 0.2) is 0 Å². The van der Waals surface area contributed by atoms with Gasteiger partial charge in [0.1, 0.15) is 0 Å². The standard InChI is InChI=1S/C18H20N2O4S2/c21-17(13-1-3-15(25-13)19-5-9-23-10-6-19)18(22)14-2-4-16(26-14)20-7-11-24-12-8-20/h1-4H,5-12H2. The maximum atomic E-state index is 12.6. The topological polar surface area (TPSA) is 59.1 Å². The highest BCUT2D eigenvalue weighted by atomic mass is 32.1. The number of hydrogen-bond acceptors (Lipinski definition) is 8. The molecule has 0 N–H and O–H groups in total. The first kappa shape index (κ1) is 17.7. The maximum Gasteiger partial charge on any atom is 0.244 e. The van der Waals surface area contributed by atoms with Crippen LogP contribution in [0.25, 0.3) is 0 Å². The highest BCUT2D eigenvalue weighted by Gasteiger charge is 2.24. The van der Waals surface area contributed by atoms with Gasteiger partial charge in [-0.2, -0.15) is 0 Å². The molecule has 0 unspecified atom stereocenters. The molecule has 2 fully saturated rings. The lowest BCUT2D eigenvalue weighted by molar-refractivity contribution is 0.0821. The fraction of sp³-hybridized carbons (Fsp3) is 0.444. The molecule has 4 heterocycles. The predicted molar refractivity (Wildman–Crippen MR) is 103 cm³/mol. The summed E-state index contributed by atoms with van der Waals surface area (Å²) in [6, 6.07) is 7.35. The molecule has 6 nitrogen and oxygen atoms in total. The van der Waals surface area contributed by atoms with Crippen LogP contribution in [0.1, 0.15) is 19.3 Å². The molecule has 2 aromatic heterocycles. The van der Waals surface area contributed by atoms with Crippen LogP contribution in [-0.2, 0) is 9.47 Å². The second-order valence-electron chi connectivity index (χ2n) is 6.13. The molecule has 8 heteroatoms. The van der Waals surface area contributed by atoms with Gasteiger partial charge in [-0.15, -0.1) is 22.7 Å². The smallest absolute Gasteiger partial charge is 0.244 e. The van der Waals surface area contributed by atoms with E-state index >= 15 is 0 Å². The van der Waals surface area contributed by atoms with Gasteiger partial charge < -0.3 is 19.3 Å². The summed E-state index contributed by atoms with van der Waals surface area (Å²) in [4.78, 5) is 30.6. The van der Waals surface area contributed by atoms with E-state index in [1.54, 1.807) is 12.1 Å². The largest absolute Gasteiger partial charge is 0.378 e. The lowest BCUT2D eigenvalue weighted by Crippen LogP contribution is -2.35. The maximum absolute atomic E-state index is 12.6. The number of rotatable bonds is 5. The number of carbonyl (C=O) groups excluding carboxylic acids is 2. The van der Waals surface area contributed by atoms with Crippen molar-refractivity contribution in [3.05, 3.63) is 34.0 Å². The minimum absolute atomic E-state index is 0.426. The number of hydrogen-bond donors (Lipinski definition) is 0. The summed E-state index contributed by atoms with van der Waals surface area (Å²) in [5, 5.41) is 2.04. The molecule has 0 bridgehead atoms. The quantitative estimate of drug-likeness (QED) is 0.576. The number of carbonyl (C=O) groups is 2. The lowest BCUT2D eigenvalue weighted by atomic mass is 10.2. The van der Waals surface area contributed by atoms with Gasteiger partial charge in [0.2, 0.25) is 11.6 Å².